The van der Waals surface area contributed by atoms with Gasteiger partial charge in [-0.05, 0) is 30.3 Å². The van der Waals surface area contributed by atoms with Crippen LogP contribution < -0.4 is 15.4 Å². The number of hydrogen-bond donors (Lipinski definition) is 2. The molecule has 0 aliphatic rings. The molecule has 2 aromatic rings. The zero-order valence-corrected chi connectivity index (χ0v) is 12.9. The summed E-state index contributed by atoms with van der Waals surface area (Å²) in [7, 11) is 1.50. The van der Waals surface area contributed by atoms with Gasteiger partial charge >= 0.3 is 0 Å². The molecule has 2 rings (SSSR count). The molecule has 0 unspecified atom stereocenters. The maximum absolute atomic E-state index is 12.3. The third-order valence-electron chi connectivity index (χ3n) is 2.89. The fraction of sp³-hybridized carbons (Fsp3) is 0.125. The Morgan fingerprint density at radius 3 is 2.45 bits per heavy atom. The molecule has 0 spiro atoms. The predicted molar refractivity (Wildman–Crippen MR) is 86.7 cm³/mol. The molecular formula is C16H15ClN2O3. The van der Waals surface area contributed by atoms with Gasteiger partial charge in [-0.25, -0.2) is 0 Å². The van der Waals surface area contributed by atoms with Crippen LogP contribution in [0.2, 0.25) is 5.02 Å². The van der Waals surface area contributed by atoms with E-state index in [0.29, 0.717) is 27.7 Å². The summed E-state index contributed by atoms with van der Waals surface area (Å²) in [5.74, 6) is -0.0769. The first kappa shape index (κ1) is 15.9. The maximum Gasteiger partial charge on any atom is 0.257 e. The minimum absolute atomic E-state index is 0.200. The van der Waals surface area contributed by atoms with Crippen LogP contribution in [0.3, 0.4) is 0 Å². The van der Waals surface area contributed by atoms with E-state index in [2.05, 4.69) is 10.6 Å². The lowest BCUT2D eigenvalue weighted by molar-refractivity contribution is -0.114. The number of amides is 2. The van der Waals surface area contributed by atoms with Crippen LogP contribution in [-0.2, 0) is 4.79 Å². The Morgan fingerprint density at radius 1 is 1.09 bits per heavy atom. The Hall–Kier alpha value is -2.53. The van der Waals surface area contributed by atoms with E-state index in [9.17, 15) is 9.59 Å². The van der Waals surface area contributed by atoms with Crippen LogP contribution in [0.5, 0.6) is 5.75 Å². The van der Waals surface area contributed by atoms with Crippen LogP contribution in [0.15, 0.2) is 42.5 Å². The average Bonchev–Trinajstić information content (AvgIpc) is 2.47. The molecular weight excluding hydrogens is 304 g/mol. The molecule has 0 heterocycles. The minimum Gasteiger partial charge on any atom is -0.495 e. The lowest BCUT2D eigenvalue weighted by Gasteiger charge is -2.13. The van der Waals surface area contributed by atoms with Crippen molar-refractivity contribution >= 4 is 34.8 Å². The van der Waals surface area contributed by atoms with Crippen molar-refractivity contribution in [1.82, 2.24) is 0 Å². The second-order valence-electron chi connectivity index (χ2n) is 4.53. The topological polar surface area (TPSA) is 67.4 Å². The number of anilines is 2. The van der Waals surface area contributed by atoms with E-state index in [1.807, 2.05) is 0 Å². The molecule has 0 bridgehead atoms. The molecule has 0 atom stereocenters. The normalized spacial score (nSPS) is 9.95. The molecule has 6 heteroatoms. The molecule has 0 saturated heterocycles. The van der Waals surface area contributed by atoms with Crippen LogP contribution in [0.25, 0.3) is 0 Å². The summed E-state index contributed by atoms with van der Waals surface area (Å²) in [6, 6.07) is 11.7. The van der Waals surface area contributed by atoms with Gasteiger partial charge < -0.3 is 15.4 Å². The van der Waals surface area contributed by atoms with Gasteiger partial charge in [-0.3, -0.25) is 9.59 Å². The summed E-state index contributed by atoms with van der Waals surface area (Å²) in [5, 5.41) is 5.74. The van der Waals surface area contributed by atoms with E-state index in [0.717, 1.165) is 0 Å². The third kappa shape index (κ3) is 3.77. The average molecular weight is 319 g/mol. The largest absolute Gasteiger partial charge is 0.495 e. The zero-order valence-electron chi connectivity index (χ0n) is 12.1. The van der Waals surface area contributed by atoms with Gasteiger partial charge in [0.2, 0.25) is 5.91 Å². The molecule has 22 heavy (non-hydrogen) atoms. The number of hydrogen-bond acceptors (Lipinski definition) is 3. The molecule has 0 saturated carbocycles. The van der Waals surface area contributed by atoms with E-state index < -0.39 is 0 Å². The van der Waals surface area contributed by atoms with Gasteiger partial charge in [-0.2, -0.15) is 0 Å². The van der Waals surface area contributed by atoms with Gasteiger partial charge in [0.05, 0.1) is 23.4 Å². The van der Waals surface area contributed by atoms with E-state index in [4.69, 9.17) is 16.3 Å². The third-order valence-corrected chi connectivity index (χ3v) is 3.22. The summed E-state index contributed by atoms with van der Waals surface area (Å²) in [5.41, 5.74) is 1.36. The SMILES string of the molecule is COc1ccc(NC(C)=O)cc1NC(=O)c1ccccc1Cl. The molecule has 2 aromatic carbocycles. The highest BCUT2D eigenvalue weighted by atomic mass is 35.5. The number of carbonyl (C=O) groups excluding carboxylic acids is 2. The highest BCUT2D eigenvalue weighted by Gasteiger charge is 2.13. The summed E-state index contributed by atoms with van der Waals surface area (Å²) < 4.78 is 5.21. The first-order valence-electron chi connectivity index (χ1n) is 6.52. The van der Waals surface area contributed by atoms with E-state index >= 15 is 0 Å². The Kier molecular flexibility index (Phi) is 5.01. The number of methoxy groups -OCH3 is 1. The van der Waals surface area contributed by atoms with Crippen LogP contribution in [0.4, 0.5) is 11.4 Å². The van der Waals surface area contributed by atoms with Crippen molar-refractivity contribution in [2.75, 3.05) is 17.7 Å². The van der Waals surface area contributed by atoms with Crippen molar-refractivity contribution in [3.63, 3.8) is 0 Å². The van der Waals surface area contributed by atoms with Crippen LogP contribution in [-0.4, -0.2) is 18.9 Å². The quantitative estimate of drug-likeness (QED) is 0.905. The van der Waals surface area contributed by atoms with Gasteiger partial charge in [-0.1, -0.05) is 23.7 Å². The second-order valence-corrected chi connectivity index (χ2v) is 4.94. The van der Waals surface area contributed by atoms with Crippen LogP contribution in [0.1, 0.15) is 17.3 Å². The first-order chi connectivity index (χ1) is 10.5. The highest BCUT2D eigenvalue weighted by Crippen LogP contribution is 2.29. The van der Waals surface area contributed by atoms with Crippen molar-refractivity contribution < 1.29 is 14.3 Å². The molecule has 0 aliphatic heterocycles. The van der Waals surface area contributed by atoms with E-state index in [1.165, 1.54) is 14.0 Å². The maximum atomic E-state index is 12.3. The molecule has 2 N–H and O–H groups in total. The van der Waals surface area contributed by atoms with E-state index in [-0.39, 0.29) is 11.8 Å². The molecule has 5 nitrogen and oxygen atoms in total. The first-order valence-corrected chi connectivity index (χ1v) is 6.90. The lowest BCUT2D eigenvalue weighted by Crippen LogP contribution is -2.14. The standard InChI is InChI=1S/C16H15ClN2O3/c1-10(20)18-11-7-8-15(22-2)14(9-11)19-16(21)12-5-3-4-6-13(12)17/h3-9H,1-2H3,(H,18,20)(H,19,21). The van der Waals surface area contributed by atoms with Crippen LogP contribution >= 0.6 is 11.6 Å². The van der Waals surface area contributed by atoms with E-state index in [1.54, 1.807) is 42.5 Å². The highest BCUT2D eigenvalue weighted by molar-refractivity contribution is 6.34. The summed E-state index contributed by atoms with van der Waals surface area (Å²) in [4.78, 5) is 23.4. The zero-order chi connectivity index (χ0) is 16.1. The number of halogens is 1. The molecule has 114 valence electrons. The Bertz CT molecular complexity index is 716. The molecule has 0 aliphatic carbocycles. The van der Waals surface area contributed by atoms with Crippen molar-refractivity contribution in [3.05, 3.63) is 53.1 Å². The van der Waals surface area contributed by atoms with Gasteiger partial charge in [0.1, 0.15) is 5.75 Å². The molecule has 0 fully saturated rings. The summed E-state index contributed by atoms with van der Waals surface area (Å²) in [6.45, 7) is 1.41. The summed E-state index contributed by atoms with van der Waals surface area (Å²) >= 11 is 6.01. The minimum atomic E-state index is -0.358. The molecule has 2 amide bonds. The van der Waals surface area contributed by atoms with Gasteiger partial charge in [0.25, 0.3) is 5.91 Å². The Balaban J connectivity index is 2.29. The van der Waals surface area contributed by atoms with Crippen molar-refractivity contribution in [2.24, 2.45) is 0 Å². The fourth-order valence-electron chi connectivity index (χ4n) is 1.92. The molecule has 0 radical (unpaired) electrons. The number of carbonyl (C=O) groups is 2. The van der Waals surface area contributed by atoms with Crippen molar-refractivity contribution in [1.29, 1.82) is 0 Å². The fourth-order valence-corrected chi connectivity index (χ4v) is 2.14. The number of ether oxygens (including phenoxy) is 1. The predicted octanol–water partition coefficient (Wildman–Crippen LogP) is 3.56. The van der Waals surface area contributed by atoms with Crippen LogP contribution in [0, 0.1) is 0 Å². The Morgan fingerprint density at radius 2 is 1.82 bits per heavy atom. The summed E-state index contributed by atoms with van der Waals surface area (Å²) in [6.07, 6.45) is 0. The Labute approximate surface area is 133 Å². The second kappa shape index (κ2) is 6.95. The number of nitrogens with one attached hydrogen (secondary N) is 2. The smallest absolute Gasteiger partial charge is 0.257 e. The number of rotatable bonds is 4. The van der Waals surface area contributed by atoms with Gasteiger partial charge in [0.15, 0.2) is 0 Å². The van der Waals surface area contributed by atoms with Gasteiger partial charge in [-0.15, -0.1) is 0 Å². The lowest BCUT2D eigenvalue weighted by atomic mass is 10.2. The van der Waals surface area contributed by atoms with Gasteiger partial charge in [0, 0.05) is 12.6 Å². The van der Waals surface area contributed by atoms with Crippen molar-refractivity contribution in [3.8, 4) is 5.75 Å². The molecule has 0 aromatic heterocycles. The number of benzene rings is 2. The van der Waals surface area contributed by atoms with Crippen molar-refractivity contribution in [2.45, 2.75) is 6.92 Å². The monoisotopic (exact) mass is 318 g/mol.